The Bertz CT molecular complexity index is 523. The van der Waals surface area contributed by atoms with E-state index in [4.69, 9.17) is 9.47 Å². The number of esters is 2. The molecular formula is C17H24O5. The second-order valence-corrected chi connectivity index (χ2v) is 7.37. The van der Waals surface area contributed by atoms with Crippen LogP contribution < -0.4 is 0 Å². The van der Waals surface area contributed by atoms with Gasteiger partial charge in [-0.15, -0.1) is 0 Å². The van der Waals surface area contributed by atoms with Gasteiger partial charge in [0.05, 0.1) is 11.5 Å². The van der Waals surface area contributed by atoms with Crippen molar-refractivity contribution in [3.8, 4) is 0 Å². The summed E-state index contributed by atoms with van der Waals surface area (Å²) >= 11 is 0. The summed E-state index contributed by atoms with van der Waals surface area (Å²) in [5.41, 5.74) is -0.571. The van der Waals surface area contributed by atoms with Crippen LogP contribution in [-0.4, -0.2) is 34.9 Å². The van der Waals surface area contributed by atoms with Gasteiger partial charge in [-0.05, 0) is 31.6 Å². The minimum atomic E-state index is -0.938. The Morgan fingerprint density at radius 1 is 1.45 bits per heavy atom. The summed E-state index contributed by atoms with van der Waals surface area (Å²) in [5, 5.41) is 11.0. The van der Waals surface area contributed by atoms with E-state index in [9.17, 15) is 14.7 Å². The molecule has 22 heavy (non-hydrogen) atoms. The third kappa shape index (κ3) is 2.26. The molecule has 3 rings (SSSR count). The molecule has 2 aliphatic carbocycles. The van der Waals surface area contributed by atoms with Gasteiger partial charge in [0.25, 0.3) is 0 Å². The van der Waals surface area contributed by atoms with Crippen molar-refractivity contribution in [1.82, 2.24) is 0 Å². The predicted molar refractivity (Wildman–Crippen MR) is 78.7 cm³/mol. The molecule has 1 heterocycles. The molecule has 2 saturated carbocycles. The van der Waals surface area contributed by atoms with Crippen LogP contribution >= 0.6 is 0 Å². The van der Waals surface area contributed by atoms with Crippen LogP contribution in [0.15, 0.2) is 12.2 Å². The molecule has 3 fully saturated rings. The Morgan fingerprint density at radius 3 is 2.77 bits per heavy atom. The minimum absolute atomic E-state index is 0.0502. The molecule has 0 aromatic rings. The number of rotatable bonds is 1. The summed E-state index contributed by atoms with van der Waals surface area (Å²) in [4.78, 5) is 23.5. The van der Waals surface area contributed by atoms with E-state index in [1.54, 1.807) is 0 Å². The highest BCUT2D eigenvalue weighted by Gasteiger charge is 2.60. The quantitative estimate of drug-likeness (QED) is 0.591. The van der Waals surface area contributed by atoms with Gasteiger partial charge < -0.3 is 14.6 Å². The summed E-state index contributed by atoms with van der Waals surface area (Å²) in [6.07, 6.45) is 1.32. The van der Waals surface area contributed by atoms with E-state index in [0.29, 0.717) is 17.9 Å². The maximum atomic E-state index is 12.0. The van der Waals surface area contributed by atoms with Gasteiger partial charge in [-0.25, -0.2) is 4.79 Å². The van der Waals surface area contributed by atoms with Crippen molar-refractivity contribution < 1.29 is 24.2 Å². The van der Waals surface area contributed by atoms with E-state index < -0.39 is 23.6 Å². The number of carbonyl (C=O) groups excluding carboxylic acids is 2. The highest BCUT2D eigenvalue weighted by Crippen LogP contribution is 2.54. The van der Waals surface area contributed by atoms with Gasteiger partial charge in [0.15, 0.2) is 0 Å². The molecule has 0 amide bonds. The zero-order valence-corrected chi connectivity index (χ0v) is 13.4. The first-order valence-electron chi connectivity index (χ1n) is 8.01. The van der Waals surface area contributed by atoms with Gasteiger partial charge in [-0.1, -0.05) is 13.5 Å². The molecule has 1 N–H and O–H groups in total. The second kappa shape index (κ2) is 5.08. The van der Waals surface area contributed by atoms with Gasteiger partial charge in [-0.2, -0.15) is 0 Å². The number of carbonyl (C=O) groups is 2. The van der Waals surface area contributed by atoms with Crippen molar-refractivity contribution in [3.63, 3.8) is 0 Å². The summed E-state index contributed by atoms with van der Waals surface area (Å²) in [6, 6.07) is 0. The Hall–Kier alpha value is -1.36. The Morgan fingerprint density at radius 2 is 2.14 bits per heavy atom. The first kappa shape index (κ1) is 15.5. The smallest absolute Gasteiger partial charge is 0.334 e. The van der Waals surface area contributed by atoms with E-state index in [0.717, 1.165) is 12.8 Å². The van der Waals surface area contributed by atoms with Crippen molar-refractivity contribution in [2.75, 3.05) is 0 Å². The fraction of sp³-hybridized carbons (Fsp3) is 0.765. The second-order valence-electron chi connectivity index (χ2n) is 7.37. The summed E-state index contributed by atoms with van der Waals surface area (Å²) in [6.45, 7) is 9.15. The molecule has 122 valence electrons. The molecule has 0 radical (unpaired) electrons. The van der Waals surface area contributed by atoms with Gasteiger partial charge in [-0.3, -0.25) is 4.79 Å². The number of ether oxygens (including phenoxy) is 2. The zero-order chi connectivity index (χ0) is 16.2. The lowest BCUT2D eigenvalue weighted by Crippen LogP contribution is -2.40. The molecule has 0 aromatic heterocycles. The Kier molecular flexibility index (Phi) is 3.59. The van der Waals surface area contributed by atoms with Gasteiger partial charge in [0.2, 0.25) is 0 Å². The Balaban J connectivity index is 2.03. The number of aliphatic hydroxyl groups is 1. The van der Waals surface area contributed by atoms with Crippen LogP contribution in [0, 0.1) is 23.7 Å². The van der Waals surface area contributed by atoms with Crippen LogP contribution in [0.3, 0.4) is 0 Å². The standard InChI is InChI=1S/C17H24O5/c1-8-5-6-11-13(8)15-14(9(2)16(19)22-15)12(21-10(3)18)7-17(11,4)20/h8,11-15,20H,2,5-7H2,1,3-4H3/t8-,11-,12+,13+,14+,15+,17+/m0/s1. The van der Waals surface area contributed by atoms with Crippen LogP contribution in [0.4, 0.5) is 0 Å². The summed E-state index contributed by atoms with van der Waals surface area (Å²) in [5.74, 6) is -0.659. The lowest BCUT2D eigenvalue weighted by molar-refractivity contribution is -0.152. The van der Waals surface area contributed by atoms with Crippen LogP contribution in [0.2, 0.25) is 0 Å². The van der Waals surface area contributed by atoms with Crippen molar-refractivity contribution in [2.45, 2.75) is 57.8 Å². The molecule has 0 aromatic carbocycles. The Labute approximate surface area is 130 Å². The van der Waals surface area contributed by atoms with Crippen molar-refractivity contribution in [1.29, 1.82) is 0 Å². The van der Waals surface area contributed by atoms with E-state index >= 15 is 0 Å². The van der Waals surface area contributed by atoms with Crippen molar-refractivity contribution >= 4 is 11.9 Å². The van der Waals surface area contributed by atoms with Crippen LogP contribution in [0.1, 0.15) is 40.0 Å². The predicted octanol–water partition coefficient (Wildman–Crippen LogP) is 1.83. The SMILES string of the molecule is C=C1C(=O)O[C@H]2[C@H]1[C@H](OC(C)=O)C[C@@](C)(O)[C@H]1CC[C@H](C)[C@@H]21. The average molecular weight is 308 g/mol. The van der Waals surface area contributed by atoms with Crippen molar-refractivity contribution in [3.05, 3.63) is 12.2 Å². The molecular weight excluding hydrogens is 284 g/mol. The molecule has 1 aliphatic heterocycles. The molecule has 0 bridgehead atoms. The summed E-state index contributed by atoms with van der Waals surface area (Å²) in [7, 11) is 0. The van der Waals surface area contributed by atoms with Crippen LogP contribution in [0.25, 0.3) is 0 Å². The average Bonchev–Trinajstić information content (AvgIpc) is 2.87. The molecule has 5 nitrogen and oxygen atoms in total. The first-order valence-corrected chi connectivity index (χ1v) is 8.01. The van der Waals surface area contributed by atoms with Crippen molar-refractivity contribution in [2.24, 2.45) is 23.7 Å². The number of hydrogen-bond acceptors (Lipinski definition) is 5. The number of hydrogen-bond donors (Lipinski definition) is 1. The lowest BCUT2D eigenvalue weighted by Gasteiger charge is -2.35. The lowest BCUT2D eigenvalue weighted by atomic mass is 9.76. The monoisotopic (exact) mass is 308 g/mol. The van der Waals surface area contributed by atoms with Gasteiger partial charge in [0, 0.05) is 24.8 Å². The third-order valence-corrected chi connectivity index (χ3v) is 5.83. The highest BCUT2D eigenvalue weighted by atomic mass is 16.6. The first-order chi connectivity index (χ1) is 10.2. The van der Waals surface area contributed by atoms with E-state index in [2.05, 4.69) is 13.5 Å². The molecule has 1 saturated heterocycles. The minimum Gasteiger partial charge on any atom is -0.462 e. The molecule has 0 unspecified atom stereocenters. The summed E-state index contributed by atoms with van der Waals surface area (Å²) < 4.78 is 11.1. The highest BCUT2D eigenvalue weighted by molar-refractivity contribution is 5.91. The maximum absolute atomic E-state index is 12.0. The van der Waals surface area contributed by atoms with Gasteiger partial charge in [0.1, 0.15) is 12.2 Å². The fourth-order valence-corrected chi connectivity index (χ4v) is 4.88. The molecule has 7 atom stereocenters. The zero-order valence-electron chi connectivity index (χ0n) is 13.4. The van der Waals surface area contributed by atoms with Gasteiger partial charge >= 0.3 is 11.9 Å². The molecule has 0 spiro atoms. The van der Waals surface area contributed by atoms with Crippen LogP contribution in [0.5, 0.6) is 0 Å². The normalized spacial score (nSPS) is 47.5. The van der Waals surface area contributed by atoms with Crippen LogP contribution in [-0.2, 0) is 19.1 Å². The molecule has 5 heteroatoms. The molecule has 3 aliphatic rings. The van der Waals surface area contributed by atoms with E-state index in [-0.39, 0.29) is 23.9 Å². The third-order valence-electron chi connectivity index (χ3n) is 5.83. The van der Waals surface area contributed by atoms with E-state index in [1.165, 1.54) is 6.92 Å². The maximum Gasteiger partial charge on any atom is 0.334 e. The topological polar surface area (TPSA) is 72.8 Å². The van der Waals surface area contributed by atoms with E-state index in [1.807, 2.05) is 6.92 Å². The number of fused-ring (bicyclic) bond motifs is 3. The largest absolute Gasteiger partial charge is 0.462 e. The fourth-order valence-electron chi connectivity index (χ4n) is 4.88.